The Morgan fingerprint density at radius 3 is 2.60 bits per heavy atom. The number of hydrogen-bond donors (Lipinski definition) is 5. The molecule has 212 valence electrons. The van der Waals surface area contributed by atoms with Crippen molar-refractivity contribution in [2.45, 2.75) is 39.3 Å². The molecule has 11 nitrogen and oxygen atoms in total. The molecule has 1 aliphatic carbocycles. The quantitative estimate of drug-likeness (QED) is 0.180. The number of hydrogen-bond acceptors (Lipinski definition) is 8. The van der Waals surface area contributed by atoms with Gasteiger partial charge in [0.05, 0.1) is 23.9 Å². The maximum absolute atomic E-state index is 13.1. The zero-order valence-corrected chi connectivity index (χ0v) is 23.9. The summed E-state index contributed by atoms with van der Waals surface area (Å²) in [6, 6.07) is 4.23. The minimum absolute atomic E-state index is 0.0718. The summed E-state index contributed by atoms with van der Waals surface area (Å²) >= 11 is 8.11. The van der Waals surface area contributed by atoms with Crippen LogP contribution in [0.15, 0.2) is 53.1 Å². The third kappa shape index (κ3) is 6.13. The number of anilines is 2. The van der Waals surface area contributed by atoms with Gasteiger partial charge in [0.15, 0.2) is 22.4 Å². The van der Waals surface area contributed by atoms with E-state index in [1.54, 1.807) is 11.5 Å². The molecule has 0 saturated heterocycles. The lowest BCUT2D eigenvalue weighted by Gasteiger charge is -2.31. The third-order valence-electron chi connectivity index (χ3n) is 6.44. The number of halogens is 1. The van der Waals surface area contributed by atoms with E-state index in [1.807, 2.05) is 26.0 Å². The topological polar surface area (TPSA) is 154 Å². The molecule has 13 heteroatoms. The number of amidine groups is 1. The lowest BCUT2D eigenvalue weighted by Crippen LogP contribution is -2.30. The first-order valence-electron chi connectivity index (χ1n) is 12.5. The average molecular weight is 588 g/mol. The van der Waals surface area contributed by atoms with Crippen LogP contribution in [0.1, 0.15) is 44.2 Å². The van der Waals surface area contributed by atoms with E-state index in [1.165, 1.54) is 43.0 Å². The lowest BCUT2D eigenvalue weighted by atomic mass is 9.84. The number of esters is 1. The van der Waals surface area contributed by atoms with Crippen LogP contribution in [0.25, 0.3) is 0 Å². The van der Waals surface area contributed by atoms with Gasteiger partial charge < -0.3 is 35.5 Å². The molecule has 2 aromatic rings. The SMILES string of the molecule is CCOC(=O)c1c(NC(=O)Nc2ccc(O)c(O)c2)cc(Cl)n1C1C=CC(C2(C)CSC(NC(C)=O)=N2)=CC1C. The molecule has 40 heavy (non-hydrogen) atoms. The number of thioether (sulfide) groups is 1. The smallest absolute Gasteiger partial charge is 0.357 e. The minimum atomic E-state index is -0.696. The van der Waals surface area contributed by atoms with Crippen molar-refractivity contribution >= 4 is 57.8 Å². The van der Waals surface area contributed by atoms with Crippen LogP contribution >= 0.6 is 23.4 Å². The maximum atomic E-state index is 13.1. The van der Waals surface area contributed by atoms with Gasteiger partial charge in [-0.15, -0.1) is 0 Å². The van der Waals surface area contributed by atoms with Gasteiger partial charge in [0.25, 0.3) is 0 Å². The monoisotopic (exact) mass is 587 g/mol. The average Bonchev–Trinajstić information content (AvgIpc) is 3.40. The highest BCUT2D eigenvalue weighted by atomic mass is 35.5. The molecular weight excluding hydrogens is 558 g/mol. The van der Waals surface area contributed by atoms with Crippen molar-refractivity contribution in [1.82, 2.24) is 9.88 Å². The number of allylic oxidation sites excluding steroid dienone is 2. The Balaban J connectivity index is 1.61. The number of nitrogens with one attached hydrogen (secondary N) is 3. The summed E-state index contributed by atoms with van der Waals surface area (Å²) in [5.41, 5.74) is 0.877. The second kappa shape index (κ2) is 11.7. The third-order valence-corrected chi connectivity index (χ3v) is 7.90. The van der Waals surface area contributed by atoms with Gasteiger partial charge in [-0.05, 0) is 43.5 Å². The van der Waals surface area contributed by atoms with E-state index in [2.05, 4.69) is 22.0 Å². The molecule has 0 radical (unpaired) electrons. The number of carbonyl (C=O) groups excluding carboxylic acids is 3. The molecule has 1 aromatic carbocycles. The van der Waals surface area contributed by atoms with E-state index in [9.17, 15) is 24.6 Å². The van der Waals surface area contributed by atoms with E-state index in [-0.39, 0.29) is 52.4 Å². The number of phenols is 2. The van der Waals surface area contributed by atoms with Gasteiger partial charge in [0, 0.05) is 24.4 Å². The van der Waals surface area contributed by atoms with E-state index in [0.717, 1.165) is 5.57 Å². The Hall–Kier alpha value is -3.90. The zero-order chi connectivity index (χ0) is 29.2. The largest absolute Gasteiger partial charge is 0.504 e. The predicted molar refractivity (Wildman–Crippen MR) is 155 cm³/mol. The molecule has 1 aromatic heterocycles. The number of nitrogens with zero attached hydrogens (tertiary/aromatic N) is 2. The molecule has 3 atom stereocenters. The normalized spacial score (nSPS) is 21.8. The van der Waals surface area contributed by atoms with E-state index < -0.39 is 23.3 Å². The molecular formula is C27H30ClN5O6S. The maximum Gasteiger partial charge on any atom is 0.357 e. The number of aliphatic imine (C=N–C) groups is 1. The molecule has 2 aliphatic rings. The molecule has 3 amide bonds. The fourth-order valence-electron chi connectivity index (χ4n) is 4.53. The van der Waals surface area contributed by atoms with Gasteiger partial charge in [-0.1, -0.05) is 48.5 Å². The first-order chi connectivity index (χ1) is 18.9. The Morgan fingerprint density at radius 1 is 1.20 bits per heavy atom. The van der Waals surface area contributed by atoms with Gasteiger partial charge >= 0.3 is 12.0 Å². The Bertz CT molecular complexity index is 1450. The van der Waals surface area contributed by atoms with E-state index in [0.29, 0.717) is 10.9 Å². The van der Waals surface area contributed by atoms with Crippen LogP contribution in [-0.2, 0) is 9.53 Å². The summed E-state index contributed by atoms with van der Waals surface area (Å²) in [6.45, 7) is 7.22. The van der Waals surface area contributed by atoms with Crippen LogP contribution in [-0.4, -0.2) is 55.8 Å². The van der Waals surface area contributed by atoms with Crippen LogP contribution in [0.2, 0.25) is 5.15 Å². The van der Waals surface area contributed by atoms with Gasteiger partial charge in [-0.25, -0.2) is 9.59 Å². The van der Waals surface area contributed by atoms with Crippen molar-refractivity contribution in [3.63, 3.8) is 0 Å². The van der Waals surface area contributed by atoms with Crippen molar-refractivity contribution in [3.8, 4) is 11.5 Å². The number of amides is 3. The first kappa shape index (κ1) is 29.1. The second-order valence-corrected chi connectivity index (χ2v) is 10.9. The van der Waals surface area contributed by atoms with Crippen molar-refractivity contribution in [2.75, 3.05) is 23.0 Å². The van der Waals surface area contributed by atoms with Crippen LogP contribution < -0.4 is 16.0 Å². The number of phenolic OH excluding ortho intramolecular Hbond substituents is 2. The Kier molecular flexibility index (Phi) is 8.50. The summed E-state index contributed by atoms with van der Waals surface area (Å²) in [5, 5.41) is 27.9. The van der Waals surface area contributed by atoms with Crippen molar-refractivity contribution in [3.05, 3.63) is 58.9 Å². The Morgan fingerprint density at radius 2 is 1.95 bits per heavy atom. The molecule has 0 fully saturated rings. The summed E-state index contributed by atoms with van der Waals surface area (Å²) in [4.78, 5) is 42.0. The van der Waals surface area contributed by atoms with Crippen LogP contribution in [0.5, 0.6) is 11.5 Å². The minimum Gasteiger partial charge on any atom is -0.504 e. The molecule has 4 rings (SSSR count). The van der Waals surface area contributed by atoms with Gasteiger partial charge in [0.1, 0.15) is 5.15 Å². The lowest BCUT2D eigenvalue weighted by molar-refractivity contribution is -0.117. The second-order valence-electron chi connectivity index (χ2n) is 9.59. The molecule has 2 heterocycles. The summed E-state index contributed by atoms with van der Waals surface area (Å²) in [6.07, 6.45) is 5.93. The fraction of sp³-hybridized carbons (Fsp3) is 0.333. The van der Waals surface area contributed by atoms with Crippen LogP contribution in [0.3, 0.4) is 0 Å². The first-order valence-corrected chi connectivity index (χ1v) is 13.9. The van der Waals surface area contributed by atoms with Crippen LogP contribution in [0, 0.1) is 5.92 Å². The molecule has 3 unspecified atom stereocenters. The van der Waals surface area contributed by atoms with Gasteiger partial charge in [-0.3, -0.25) is 9.79 Å². The highest BCUT2D eigenvalue weighted by Crippen LogP contribution is 2.41. The van der Waals surface area contributed by atoms with Crippen molar-refractivity contribution in [1.29, 1.82) is 0 Å². The standard InChI is InChI=1S/C27H30ClN5O6S/c1-5-39-24(37)23-18(31-25(38)30-17-7-9-20(35)21(36)11-17)12-22(28)33(23)19-8-6-16(10-14(19)2)27(4)13-40-26(32-27)29-15(3)34/h6-12,14,19,35-36H,5,13H2,1-4H3,(H,29,32,34)(H2,30,31,38). The van der Waals surface area contributed by atoms with E-state index >= 15 is 0 Å². The predicted octanol–water partition coefficient (Wildman–Crippen LogP) is 5.04. The zero-order valence-electron chi connectivity index (χ0n) is 22.3. The van der Waals surface area contributed by atoms with Crippen LogP contribution in [0.4, 0.5) is 16.2 Å². The highest BCUT2D eigenvalue weighted by Gasteiger charge is 2.37. The summed E-state index contributed by atoms with van der Waals surface area (Å²) in [5.74, 6) is -1.02. The number of urea groups is 1. The van der Waals surface area contributed by atoms with Gasteiger partial charge in [-0.2, -0.15) is 0 Å². The van der Waals surface area contributed by atoms with Crippen molar-refractivity contribution in [2.24, 2.45) is 10.9 Å². The summed E-state index contributed by atoms with van der Waals surface area (Å²) < 4.78 is 6.91. The molecule has 0 saturated carbocycles. The Labute approximate surface area is 240 Å². The molecule has 0 bridgehead atoms. The van der Waals surface area contributed by atoms with E-state index in [4.69, 9.17) is 21.3 Å². The fourth-order valence-corrected chi connectivity index (χ4v) is 5.97. The number of carbonyl (C=O) groups is 3. The molecule has 5 N–H and O–H groups in total. The molecule has 1 aliphatic heterocycles. The number of aromatic nitrogens is 1. The van der Waals surface area contributed by atoms with Crippen molar-refractivity contribution < 1.29 is 29.3 Å². The number of rotatable bonds is 6. The molecule has 0 spiro atoms. The summed E-state index contributed by atoms with van der Waals surface area (Å²) in [7, 11) is 0. The highest BCUT2D eigenvalue weighted by molar-refractivity contribution is 8.14. The number of ether oxygens (including phenoxy) is 1. The number of aromatic hydroxyl groups is 2. The number of benzene rings is 1. The van der Waals surface area contributed by atoms with Gasteiger partial charge in [0.2, 0.25) is 5.91 Å².